The van der Waals surface area contributed by atoms with E-state index >= 15 is 0 Å². The lowest BCUT2D eigenvalue weighted by molar-refractivity contribution is -0.131. The van der Waals surface area contributed by atoms with Gasteiger partial charge in [-0.1, -0.05) is 125 Å². The van der Waals surface area contributed by atoms with Gasteiger partial charge in [-0.25, -0.2) is 0 Å². The summed E-state index contributed by atoms with van der Waals surface area (Å²) in [4.78, 5) is 0. The molecule has 4 aromatic rings. The van der Waals surface area contributed by atoms with Gasteiger partial charge in [0.15, 0.2) is 0 Å². The van der Waals surface area contributed by atoms with Crippen molar-refractivity contribution in [2.45, 2.75) is 27.7 Å². The fourth-order valence-corrected chi connectivity index (χ4v) is 5.80. The van der Waals surface area contributed by atoms with Crippen molar-refractivity contribution in [3.8, 4) is 0 Å². The summed E-state index contributed by atoms with van der Waals surface area (Å²) in [6.45, 7) is 18.9. The van der Waals surface area contributed by atoms with Crippen molar-refractivity contribution in [3.63, 3.8) is 0 Å². The maximum Gasteiger partial charge on any atom is 0.0564 e. The molecule has 0 aromatic heterocycles. The third kappa shape index (κ3) is 18.2. The van der Waals surface area contributed by atoms with E-state index in [-0.39, 0.29) is 0 Å². The van der Waals surface area contributed by atoms with E-state index in [0.29, 0.717) is 21.7 Å². The van der Waals surface area contributed by atoms with Gasteiger partial charge in [0.25, 0.3) is 0 Å². The summed E-state index contributed by atoms with van der Waals surface area (Å²) in [6, 6.07) is 33.4. The summed E-state index contributed by atoms with van der Waals surface area (Å²) in [5.74, 6) is 0. The lowest BCUT2D eigenvalue weighted by Gasteiger charge is -2.37. The van der Waals surface area contributed by atoms with Crippen LogP contribution in [0.5, 0.6) is 0 Å². The number of benzene rings is 4. The van der Waals surface area contributed by atoms with Gasteiger partial charge in [0.05, 0.1) is 79.3 Å². The van der Waals surface area contributed by atoms with Crippen LogP contribution in [0.1, 0.15) is 27.7 Å². The zero-order valence-electron chi connectivity index (χ0n) is 33.7. The molecule has 4 aliphatic rings. The molecule has 8 rings (SSSR count). The molecule has 8 nitrogen and oxygen atoms in total. The van der Waals surface area contributed by atoms with E-state index < -0.39 is 0 Å². The number of ether oxygens (including phenoxy) is 8. The van der Waals surface area contributed by atoms with Gasteiger partial charge in [-0.05, 0) is 21.5 Å². The molecule has 0 amide bonds. The molecule has 0 unspecified atom stereocenters. The Morgan fingerprint density at radius 1 is 0.370 bits per heavy atom. The van der Waals surface area contributed by atoms with Crippen LogP contribution in [0.2, 0.25) is 0 Å². The Bertz CT molecular complexity index is 1250. The van der Waals surface area contributed by atoms with Crippen molar-refractivity contribution in [1.29, 1.82) is 0 Å². The Balaban J connectivity index is 0.000000223. The number of halogens is 2. The van der Waals surface area contributed by atoms with E-state index in [1.165, 1.54) is 21.5 Å². The van der Waals surface area contributed by atoms with Crippen LogP contribution in [0.3, 0.4) is 0 Å². The molecular weight excluding hydrogens is 910 g/mol. The van der Waals surface area contributed by atoms with Crippen LogP contribution in [0.4, 0.5) is 0 Å². The zero-order valence-corrected chi connectivity index (χ0v) is 38.1. The highest BCUT2D eigenvalue weighted by atomic mass is 128. The van der Waals surface area contributed by atoms with Gasteiger partial charge >= 0.3 is 0 Å². The van der Waals surface area contributed by atoms with Gasteiger partial charge < -0.3 is 37.9 Å². The third-order valence-electron chi connectivity index (χ3n) is 8.89. The second-order valence-corrected chi connectivity index (χ2v) is 15.6. The van der Waals surface area contributed by atoms with Crippen molar-refractivity contribution in [2.24, 2.45) is 21.7 Å². The summed E-state index contributed by atoms with van der Waals surface area (Å²) < 4.78 is 39.9. The zero-order chi connectivity index (χ0) is 39.8. The molecule has 302 valence electrons. The molecule has 4 fully saturated rings. The number of rotatable bonds is 8. The number of methoxy groups -OCH3 is 4. The van der Waals surface area contributed by atoms with Crippen molar-refractivity contribution >= 4 is 58.8 Å². The molecule has 4 heterocycles. The minimum absolute atomic E-state index is 0.328. The Labute approximate surface area is 348 Å². The van der Waals surface area contributed by atoms with Gasteiger partial charge in [0, 0.05) is 87.3 Å². The Morgan fingerprint density at radius 3 is 0.593 bits per heavy atom. The van der Waals surface area contributed by atoms with Crippen molar-refractivity contribution in [3.05, 3.63) is 97.1 Å². The normalized spacial score (nSPS) is 18.5. The highest BCUT2D eigenvalue weighted by Gasteiger charge is 2.34. The maximum absolute atomic E-state index is 5.01. The Hall–Kier alpha value is -1.46. The molecule has 4 aromatic carbocycles. The molecule has 0 N–H and O–H groups in total. The fourth-order valence-electron chi connectivity index (χ4n) is 5.80. The van der Waals surface area contributed by atoms with Crippen molar-refractivity contribution in [2.75, 3.05) is 108 Å². The topological polar surface area (TPSA) is 73.8 Å². The Kier molecular flexibility index (Phi) is 23.9. The van der Waals surface area contributed by atoms with Crippen molar-refractivity contribution < 1.29 is 37.9 Å². The average Bonchev–Trinajstić information content (AvgIpc) is 3.15. The monoisotopic (exact) mass is 974 g/mol. The molecule has 0 radical (unpaired) electrons. The first-order valence-corrected chi connectivity index (χ1v) is 24.6. The summed E-state index contributed by atoms with van der Waals surface area (Å²) in [6.07, 6.45) is 0. The molecular formula is C44H64I2O8. The molecule has 0 bridgehead atoms. The lowest BCUT2D eigenvalue weighted by atomic mass is 9.90. The third-order valence-corrected chi connectivity index (χ3v) is 8.89. The van der Waals surface area contributed by atoms with Crippen LogP contribution in [0, 0.1) is 21.7 Å². The van der Waals surface area contributed by atoms with Gasteiger partial charge in [-0.3, -0.25) is 0 Å². The second kappa shape index (κ2) is 26.5. The summed E-state index contributed by atoms with van der Waals surface area (Å²) in [5, 5.41) is 5.24. The van der Waals surface area contributed by atoms with Crippen LogP contribution < -0.4 is 0 Å². The van der Waals surface area contributed by atoms with Gasteiger partial charge in [0.2, 0.25) is 0 Å². The largest absolute Gasteiger partial charge is 0.384 e. The van der Waals surface area contributed by atoms with Crippen molar-refractivity contribution in [1.82, 2.24) is 0 Å². The van der Waals surface area contributed by atoms with Gasteiger partial charge in [0.1, 0.15) is 0 Å². The molecule has 0 aliphatic carbocycles. The second-order valence-electron chi connectivity index (χ2n) is 15.6. The predicted molar refractivity (Wildman–Crippen MR) is 239 cm³/mol. The average molecular weight is 975 g/mol. The SMILES string of the molecule is COCC1(C)COC1.COCC1(C)COC1.COCC1(C)COC1.COCC1(C)COC1.II.c1ccc2ccccc2c1.c1ccc2ccccc2c1. The summed E-state index contributed by atoms with van der Waals surface area (Å²) in [5.41, 5.74) is 1.31. The quantitative estimate of drug-likeness (QED) is 0.162. The van der Waals surface area contributed by atoms with Crippen LogP contribution in [0.15, 0.2) is 97.1 Å². The van der Waals surface area contributed by atoms with Crippen LogP contribution >= 0.6 is 37.2 Å². The van der Waals surface area contributed by atoms with E-state index in [2.05, 4.69) is 162 Å². The van der Waals surface area contributed by atoms with E-state index in [1.807, 2.05) is 0 Å². The first kappa shape index (κ1) is 48.7. The highest BCUT2D eigenvalue weighted by molar-refractivity contribution is 15.0. The molecule has 10 heteroatoms. The highest BCUT2D eigenvalue weighted by Crippen LogP contribution is 2.28. The Morgan fingerprint density at radius 2 is 0.519 bits per heavy atom. The molecule has 0 spiro atoms. The van der Waals surface area contributed by atoms with E-state index in [1.54, 1.807) is 28.4 Å². The smallest absolute Gasteiger partial charge is 0.0564 e. The molecule has 4 aliphatic heterocycles. The number of hydrogen-bond donors (Lipinski definition) is 0. The molecule has 0 atom stereocenters. The van der Waals surface area contributed by atoms with E-state index in [9.17, 15) is 0 Å². The predicted octanol–water partition coefficient (Wildman–Crippen LogP) is 10.1. The molecule has 54 heavy (non-hydrogen) atoms. The maximum atomic E-state index is 5.01. The summed E-state index contributed by atoms with van der Waals surface area (Å²) >= 11 is 4.24. The number of hydrogen-bond acceptors (Lipinski definition) is 8. The minimum Gasteiger partial charge on any atom is -0.384 e. The first-order valence-electron chi connectivity index (χ1n) is 18.3. The molecule has 0 saturated carbocycles. The summed E-state index contributed by atoms with van der Waals surface area (Å²) in [7, 11) is 6.90. The van der Waals surface area contributed by atoms with Crippen LogP contribution in [-0.4, -0.2) is 108 Å². The fraction of sp³-hybridized carbons (Fsp3) is 0.545. The van der Waals surface area contributed by atoms with Gasteiger partial charge in [-0.2, -0.15) is 0 Å². The van der Waals surface area contributed by atoms with Gasteiger partial charge in [-0.15, -0.1) is 0 Å². The molecule has 4 saturated heterocycles. The lowest BCUT2D eigenvalue weighted by Crippen LogP contribution is -2.43. The minimum atomic E-state index is 0.328. The van der Waals surface area contributed by atoms with Crippen LogP contribution in [0.25, 0.3) is 21.5 Å². The van der Waals surface area contributed by atoms with E-state index in [4.69, 9.17) is 37.9 Å². The van der Waals surface area contributed by atoms with Crippen LogP contribution in [-0.2, 0) is 37.9 Å². The standard InChI is InChI=1S/2C10H8.4C6H12O2.I2/c2*1-2-6-10-8-4-3-7-9(10)5-1;4*1-6(3-7-2)4-8-5-6;1-2/h2*1-8H;4*3-5H2,1-2H3;. The first-order chi connectivity index (χ1) is 26.0. The number of fused-ring (bicyclic) bond motifs is 2. The van der Waals surface area contributed by atoms with E-state index in [0.717, 1.165) is 79.3 Å².